The number of nitrogens with zero attached hydrogens (tertiary/aromatic N) is 4. The Morgan fingerprint density at radius 3 is 2.83 bits per heavy atom. The summed E-state index contributed by atoms with van der Waals surface area (Å²) in [6.07, 6.45) is 3.33. The minimum Gasteiger partial charge on any atom is -0.376 e. The van der Waals surface area contributed by atoms with E-state index >= 15 is 0 Å². The highest BCUT2D eigenvalue weighted by atomic mass is 32.1. The number of thiazole rings is 1. The van der Waals surface area contributed by atoms with Crippen molar-refractivity contribution < 1.29 is 0 Å². The highest BCUT2D eigenvalue weighted by Crippen LogP contribution is 2.17. The monoisotopic (exact) mass is 266 g/mol. The molecule has 0 aliphatic heterocycles. The van der Waals surface area contributed by atoms with Crippen LogP contribution in [0.3, 0.4) is 0 Å². The lowest BCUT2D eigenvalue weighted by Crippen LogP contribution is -2.24. The molecule has 0 aliphatic carbocycles. The summed E-state index contributed by atoms with van der Waals surface area (Å²) in [5.74, 6) is 5.25. The molecule has 7 nitrogen and oxygen atoms in total. The van der Waals surface area contributed by atoms with Gasteiger partial charge in [0.25, 0.3) is 5.56 Å². The SMILES string of the molecule is CN(C)c1cnn(Cc2cnc(NN)s2)c(=O)c1. The number of hydrogen-bond acceptors (Lipinski definition) is 7. The van der Waals surface area contributed by atoms with E-state index in [1.54, 1.807) is 18.5 Å². The standard InChI is InChI=1S/C10H14N6OS/c1-15(2)7-3-9(17)16(13-4-7)6-8-5-12-10(14-11)18-8/h3-5H,6,11H2,1-2H3,(H,12,14). The van der Waals surface area contributed by atoms with Crippen LogP contribution in [-0.4, -0.2) is 28.9 Å². The van der Waals surface area contributed by atoms with Gasteiger partial charge < -0.3 is 4.90 Å². The van der Waals surface area contributed by atoms with E-state index in [1.807, 2.05) is 19.0 Å². The van der Waals surface area contributed by atoms with E-state index in [2.05, 4.69) is 15.5 Å². The van der Waals surface area contributed by atoms with Crippen LogP contribution in [0, 0.1) is 0 Å². The molecule has 96 valence electrons. The lowest BCUT2D eigenvalue weighted by Gasteiger charge is -2.11. The van der Waals surface area contributed by atoms with Gasteiger partial charge in [-0.2, -0.15) is 5.10 Å². The Hall–Kier alpha value is -1.93. The molecule has 0 atom stereocenters. The molecule has 0 fully saturated rings. The van der Waals surface area contributed by atoms with Gasteiger partial charge >= 0.3 is 0 Å². The molecule has 0 unspecified atom stereocenters. The Morgan fingerprint density at radius 2 is 2.28 bits per heavy atom. The molecule has 0 radical (unpaired) electrons. The van der Waals surface area contributed by atoms with Crippen LogP contribution < -0.4 is 21.7 Å². The summed E-state index contributed by atoms with van der Waals surface area (Å²) in [5.41, 5.74) is 3.11. The van der Waals surface area contributed by atoms with Gasteiger partial charge in [-0.1, -0.05) is 11.3 Å². The second-order valence-electron chi connectivity index (χ2n) is 3.88. The summed E-state index contributed by atoms with van der Waals surface area (Å²) in [7, 11) is 3.73. The van der Waals surface area contributed by atoms with Crippen LogP contribution in [0.2, 0.25) is 0 Å². The number of nitrogens with two attached hydrogens (primary N) is 1. The molecule has 0 saturated heterocycles. The summed E-state index contributed by atoms with van der Waals surface area (Å²) >= 11 is 1.39. The second kappa shape index (κ2) is 5.15. The highest BCUT2D eigenvalue weighted by molar-refractivity contribution is 7.15. The lowest BCUT2D eigenvalue weighted by atomic mass is 10.4. The first-order valence-electron chi connectivity index (χ1n) is 5.26. The molecule has 0 aromatic carbocycles. The first kappa shape index (κ1) is 12.5. The van der Waals surface area contributed by atoms with Crippen LogP contribution in [0.5, 0.6) is 0 Å². The number of anilines is 2. The van der Waals surface area contributed by atoms with Crippen LogP contribution in [0.15, 0.2) is 23.3 Å². The molecule has 3 N–H and O–H groups in total. The maximum Gasteiger partial charge on any atom is 0.269 e. The zero-order valence-corrected chi connectivity index (χ0v) is 10.9. The van der Waals surface area contributed by atoms with Crippen molar-refractivity contribution in [3.8, 4) is 0 Å². The quantitative estimate of drug-likeness (QED) is 0.602. The van der Waals surface area contributed by atoms with Gasteiger partial charge in [-0.25, -0.2) is 15.5 Å². The third-order valence-corrected chi connectivity index (χ3v) is 3.27. The number of aromatic nitrogens is 3. The van der Waals surface area contributed by atoms with E-state index in [0.29, 0.717) is 11.7 Å². The number of hydrogen-bond donors (Lipinski definition) is 2. The van der Waals surface area contributed by atoms with E-state index in [4.69, 9.17) is 5.84 Å². The Bertz CT molecular complexity index is 590. The molecule has 2 heterocycles. The van der Waals surface area contributed by atoms with E-state index in [0.717, 1.165) is 10.6 Å². The zero-order valence-electron chi connectivity index (χ0n) is 10.1. The molecule has 18 heavy (non-hydrogen) atoms. The van der Waals surface area contributed by atoms with Crippen LogP contribution in [0.25, 0.3) is 0 Å². The van der Waals surface area contributed by atoms with Crippen LogP contribution in [-0.2, 0) is 6.54 Å². The summed E-state index contributed by atoms with van der Waals surface area (Å²) in [5, 5.41) is 4.73. The van der Waals surface area contributed by atoms with Gasteiger partial charge in [-0.3, -0.25) is 10.2 Å². The van der Waals surface area contributed by atoms with Crippen LogP contribution >= 0.6 is 11.3 Å². The predicted octanol–water partition coefficient (Wildman–Crippen LogP) is 0.0997. The van der Waals surface area contributed by atoms with Gasteiger partial charge in [0.05, 0.1) is 18.4 Å². The van der Waals surface area contributed by atoms with Crippen molar-refractivity contribution >= 4 is 22.2 Å². The topological polar surface area (TPSA) is 89.1 Å². The zero-order chi connectivity index (χ0) is 13.1. The Morgan fingerprint density at radius 1 is 1.50 bits per heavy atom. The van der Waals surface area contributed by atoms with Crippen molar-refractivity contribution in [1.29, 1.82) is 0 Å². The summed E-state index contributed by atoms with van der Waals surface area (Å²) < 4.78 is 1.39. The van der Waals surface area contributed by atoms with Gasteiger partial charge in [0, 0.05) is 31.2 Å². The molecule has 2 rings (SSSR count). The van der Waals surface area contributed by atoms with Crippen molar-refractivity contribution in [2.24, 2.45) is 5.84 Å². The first-order valence-corrected chi connectivity index (χ1v) is 6.07. The van der Waals surface area contributed by atoms with Gasteiger partial charge in [0.1, 0.15) is 0 Å². The summed E-state index contributed by atoms with van der Waals surface area (Å²) in [6, 6.07) is 1.55. The number of hydrazine groups is 1. The largest absolute Gasteiger partial charge is 0.376 e. The maximum atomic E-state index is 11.8. The summed E-state index contributed by atoms with van der Waals surface area (Å²) in [6.45, 7) is 0.395. The third kappa shape index (κ3) is 2.66. The van der Waals surface area contributed by atoms with Crippen molar-refractivity contribution in [3.63, 3.8) is 0 Å². The molecule has 2 aromatic heterocycles. The van der Waals surface area contributed by atoms with Gasteiger partial charge in [-0.15, -0.1) is 0 Å². The van der Waals surface area contributed by atoms with Gasteiger partial charge in [0.2, 0.25) is 0 Å². The second-order valence-corrected chi connectivity index (χ2v) is 5.00. The molecule has 0 spiro atoms. The van der Waals surface area contributed by atoms with Gasteiger partial charge in [-0.05, 0) is 0 Å². The predicted molar refractivity (Wildman–Crippen MR) is 71.9 cm³/mol. The fourth-order valence-electron chi connectivity index (χ4n) is 1.38. The lowest BCUT2D eigenvalue weighted by molar-refractivity contribution is 0.644. The van der Waals surface area contributed by atoms with Crippen LogP contribution in [0.1, 0.15) is 4.88 Å². The van der Waals surface area contributed by atoms with E-state index in [1.165, 1.54) is 16.0 Å². The third-order valence-electron chi connectivity index (χ3n) is 2.35. The van der Waals surface area contributed by atoms with Gasteiger partial charge in [0.15, 0.2) is 5.13 Å². The van der Waals surface area contributed by atoms with Crippen LogP contribution in [0.4, 0.5) is 10.8 Å². The number of rotatable bonds is 4. The molecule has 8 heteroatoms. The smallest absolute Gasteiger partial charge is 0.269 e. The Labute approximate surface area is 108 Å². The first-order chi connectivity index (χ1) is 8.60. The maximum absolute atomic E-state index is 11.8. The number of nitrogen functional groups attached to an aromatic ring is 1. The van der Waals surface area contributed by atoms with Crippen molar-refractivity contribution in [3.05, 3.63) is 33.7 Å². The Kier molecular flexibility index (Phi) is 3.58. The number of nitrogens with one attached hydrogen (secondary N) is 1. The molecule has 0 amide bonds. The average Bonchev–Trinajstić information content (AvgIpc) is 2.79. The molecule has 0 bridgehead atoms. The molecular formula is C10H14N6OS. The molecule has 0 saturated carbocycles. The van der Waals surface area contributed by atoms with E-state index in [-0.39, 0.29) is 5.56 Å². The van der Waals surface area contributed by atoms with Crippen molar-refractivity contribution in [2.45, 2.75) is 6.54 Å². The fraction of sp³-hybridized carbons (Fsp3) is 0.300. The van der Waals surface area contributed by atoms with Crippen molar-refractivity contribution in [1.82, 2.24) is 14.8 Å². The minimum atomic E-state index is -0.142. The molecular weight excluding hydrogens is 252 g/mol. The van der Waals surface area contributed by atoms with Crippen molar-refractivity contribution in [2.75, 3.05) is 24.4 Å². The fourth-order valence-corrected chi connectivity index (χ4v) is 2.09. The Balaban J connectivity index is 2.22. The minimum absolute atomic E-state index is 0.142. The molecule has 0 aliphatic rings. The summed E-state index contributed by atoms with van der Waals surface area (Å²) in [4.78, 5) is 18.6. The normalized spacial score (nSPS) is 10.4. The highest BCUT2D eigenvalue weighted by Gasteiger charge is 2.05. The van der Waals surface area contributed by atoms with E-state index < -0.39 is 0 Å². The molecule has 2 aromatic rings. The van der Waals surface area contributed by atoms with E-state index in [9.17, 15) is 4.79 Å². The average molecular weight is 266 g/mol.